The quantitative estimate of drug-likeness (QED) is 0.708. The van der Waals surface area contributed by atoms with Gasteiger partial charge in [0.1, 0.15) is 0 Å². The summed E-state index contributed by atoms with van der Waals surface area (Å²) in [7, 11) is 7.00. The van der Waals surface area contributed by atoms with Crippen molar-refractivity contribution in [2.75, 3.05) is 46.7 Å². The molecule has 0 bridgehead atoms. The Labute approximate surface area is 119 Å². The first kappa shape index (κ1) is 16.1. The van der Waals surface area contributed by atoms with Gasteiger partial charge in [-0.15, -0.1) is 0 Å². The van der Waals surface area contributed by atoms with Crippen LogP contribution in [0.2, 0.25) is 0 Å². The van der Waals surface area contributed by atoms with Crippen LogP contribution in [0.4, 0.5) is 5.69 Å². The summed E-state index contributed by atoms with van der Waals surface area (Å²) in [6.07, 6.45) is 0.917. The number of benzene rings is 1. The number of nitrogens with zero attached hydrogens (tertiary/aromatic N) is 1. The van der Waals surface area contributed by atoms with Gasteiger partial charge in [0.2, 0.25) is 0 Å². The molecule has 0 heterocycles. The first-order chi connectivity index (χ1) is 9.49. The molecule has 0 amide bonds. The van der Waals surface area contributed by atoms with Gasteiger partial charge < -0.3 is 24.8 Å². The molecule has 0 aromatic heterocycles. The van der Waals surface area contributed by atoms with E-state index in [2.05, 4.69) is 10.2 Å². The predicted molar refractivity (Wildman–Crippen MR) is 78.2 cm³/mol. The lowest BCUT2D eigenvalue weighted by Crippen LogP contribution is -2.17. The maximum absolute atomic E-state index is 11.3. The molecule has 0 aliphatic heterocycles. The summed E-state index contributed by atoms with van der Waals surface area (Å²) in [5.41, 5.74) is 0.710. The van der Waals surface area contributed by atoms with Crippen LogP contribution >= 0.6 is 0 Å². The van der Waals surface area contributed by atoms with Crippen molar-refractivity contribution in [2.45, 2.75) is 6.42 Å². The zero-order valence-corrected chi connectivity index (χ0v) is 12.4. The molecule has 1 rings (SSSR count). The average Bonchev–Trinajstić information content (AvgIpc) is 2.42. The number of anilines is 1. The largest absolute Gasteiger partial charge is 0.493 e. The predicted octanol–water partition coefficient (Wildman–Crippen LogP) is 1.77. The third-order valence-corrected chi connectivity index (χ3v) is 2.85. The minimum atomic E-state index is -0.999. The molecule has 0 unspecified atom stereocenters. The lowest BCUT2D eigenvalue weighted by Gasteiger charge is -2.15. The zero-order valence-electron chi connectivity index (χ0n) is 12.4. The molecule has 1 aromatic rings. The van der Waals surface area contributed by atoms with Gasteiger partial charge >= 0.3 is 5.97 Å². The van der Waals surface area contributed by atoms with Gasteiger partial charge in [0.25, 0.3) is 0 Å². The fourth-order valence-corrected chi connectivity index (χ4v) is 1.82. The number of hydrogen-bond acceptors (Lipinski definition) is 5. The molecule has 0 saturated carbocycles. The molecule has 2 N–H and O–H groups in total. The van der Waals surface area contributed by atoms with Crippen LogP contribution in [0.3, 0.4) is 0 Å². The topological polar surface area (TPSA) is 71.0 Å². The van der Waals surface area contributed by atoms with Crippen LogP contribution in [0.25, 0.3) is 0 Å². The first-order valence-electron chi connectivity index (χ1n) is 6.37. The van der Waals surface area contributed by atoms with E-state index in [0.717, 1.165) is 13.0 Å². The van der Waals surface area contributed by atoms with Gasteiger partial charge in [-0.05, 0) is 27.1 Å². The highest BCUT2D eigenvalue weighted by Crippen LogP contribution is 2.33. The minimum absolute atomic E-state index is 0.174. The number of ether oxygens (including phenoxy) is 2. The van der Waals surface area contributed by atoms with Crippen molar-refractivity contribution in [3.63, 3.8) is 0 Å². The summed E-state index contributed by atoms with van der Waals surface area (Å²) in [5.74, 6) is -0.0857. The highest BCUT2D eigenvalue weighted by atomic mass is 16.5. The summed E-state index contributed by atoms with van der Waals surface area (Å²) >= 11 is 0. The normalized spacial score (nSPS) is 10.4. The molecule has 0 aliphatic carbocycles. The summed E-state index contributed by atoms with van der Waals surface area (Å²) in [5, 5.41) is 12.4. The maximum atomic E-state index is 11.3. The van der Waals surface area contributed by atoms with E-state index in [1.807, 2.05) is 14.1 Å². The SMILES string of the molecule is COc1cc(NCCCN(C)C)c(C(=O)O)cc1OC. The molecule has 0 saturated heterocycles. The smallest absolute Gasteiger partial charge is 0.337 e. The van der Waals surface area contributed by atoms with Crippen LogP contribution in [0.1, 0.15) is 16.8 Å². The fraction of sp³-hybridized carbons (Fsp3) is 0.500. The molecule has 0 spiro atoms. The monoisotopic (exact) mass is 282 g/mol. The van der Waals surface area contributed by atoms with Gasteiger partial charge in [0, 0.05) is 18.7 Å². The molecule has 112 valence electrons. The second-order valence-corrected chi connectivity index (χ2v) is 4.64. The number of carbonyl (C=O) groups is 1. The molecule has 6 heteroatoms. The first-order valence-corrected chi connectivity index (χ1v) is 6.37. The van der Waals surface area contributed by atoms with E-state index in [1.165, 1.54) is 20.3 Å². The van der Waals surface area contributed by atoms with Crippen LogP contribution in [0.15, 0.2) is 12.1 Å². The Balaban J connectivity index is 2.89. The molecule has 0 aliphatic rings. The lowest BCUT2D eigenvalue weighted by atomic mass is 10.1. The van der Waals surface area contributed by atoms with Gasteiger partial charge in [0.15, 0.2) is 11.5 Å². The van der Waals surface area contributed by atoms with E-state index in [4.69, 9.17) is 9.47 Å². The van der Waals surface area contributed by atoms with Gasteiger partial charge in [0.05, 0.1) is 25.5 Å². The van der Waals surface area contributed by atoms with Gasteiger partial charge in [-0.2, -0.15) is 0 Å². The standard InChI is InChI=1S/C14H22N2O4/c1-16(2)7-5-6-15-11-9-13(20-4)12(19-3)8-10(11)14(17)18/h8-9,15H,5-7H2,1-4H3,(H,17,18). The Kier molecular flexibility index (Phi) is 6.11. The Morgan fingerprint density at radius 2 is 1.85 bits per heavy atom. The number of carboxylic acids is 1. The van der Waals surface area contributed by atoms with Crippen molar-refractivity contribution in [3.8, 4) is 11.5 Å². The van der Waals surface area contributed by atoms with E-state index in [1.54, 1.807) is 6.07 Å². The number of rotatable bonds is 8. The summed E-state index contributed by atoms with van der Waals surface area (Å²) in [6.45, 7) is 1.62. The third-order valence-electron chi connectivity index (χ3n) is 2.85. The van der Waals surface area contributed by atoms with Crippen molar-refractivity contribution >= 4 is 11.7 Å². The molecular formula is C14H22N2O4. The van der Waals surface area contributed by atoms with Crippen molar-refractivity contribution in [1.82, 2.24) is 4.90 Å². The van der Waals surface area contributed by atoms with Gasteiger partial charge in [-0.1, -0.05) is 0 Å². The molecular weight excluding hydrogens is 260 g/mol. The zero-order chi connectivity index (χ0) is 15.1. The Morgan fingerprint density at radius 3 is 2.35 bits per heavy atom. The maximum Gasteiger partial charge on any atom is 0.337 e. The van der Waals surface area contributed by atoms with E-state index in [-0.39, 0.29) is 5.56 Å². The minimum Gasteiger partial charge on any atom is -0.493 e. The van der Waals surface area contributed by atoms with E-state index >= 15 is 0 Å². The van der Waals surface area contributed by atoms with E-state index in [0.29, 0.717) is 23.7 Å². The number of hydrogen-bond donors (Lipinski definition) is 2. The highest BCUT2D eigenvalue weighted by Gasteiger charge is 2.15. The van der Waals surface area contributed by atoms with Crippen LogP contribution in [0.5, 0.6) is 11.5 Å². The molecule has 1 aromatic carbocycles. The van der Waals surface area contributed by atoms with Crippen molar-refractivity contribution in [2.24, 2.45) is 0 Å². The summed E-state index contributed by atoms with van der Waals surface area (Å²) in [4.78, 5) is 13.4. The average molecular weight is 282 g/mol. The van der Waals surface area contributed by atoms with Crippen molar-refractivity contribution in [3.05, 3.63) is 17.7 Å². The number of aromatic carboxylic acids is 1. The van der Waals surface area contributed by atoms with Crippen molar-refractivity contribution in [1.29, 1.82) is 0 Å². The molecule has 0 radical (unpaired) electrons. The fourth-order valence-electron chi connectivity index (χ4n) is 1.82. The van der Waals surface area contributed by atoms with Gasteiger partial charge in [-0.3, -0.25) is 0 Å². The summed E-state index contributed by atoms with van der Waals surface area (Å²) < 4.78 is 10.3. The second kappa shape index (κ2) is 7.59. The molecule has 20 heavy (non-hydrogen) atoms. The number of nitrogens with one attached hydrogen (secondary N) is 1. The Morgan fingerprint density at radius 1 is 1.25 bits per heavy atom. The Bertz CT molecular complexity index is 461. The van der Waals surface area contributed by atoms with Crippen LogP contribution in [-0.2, 0) is 0 Å². The van der Waals surface area contributed by atoms with Crippen LogP contribution in [-0.4, -0.2) is 57.4 Å². The van der Waals surface area contributed by atoms with Crippen LogP contribution in [0, 0.1) is 0 Å². The second-order valence-electron chi connectivity index (χ2n) is 4.64. The van der Waals surface area contributed by atoms with E-state index in [9.17, 15) is 9.90 Å². The van der Waals surface area contributed by atoms with Gasteiger partial charge in [-0.25, -0.2) is 4.79 Å². The molecule has 0 atom stereocenters. The van der Waals surface area contributed by atoms with Crippen LogP contribution < -0.4 is 14.8 Å². The molecule has 6 nitrogen and oxygen atoms in total. The lowest BCUT2D eigenvalue weighted by molar-refractivity contribution is 0.0697. The summed E-state index contributed by atoms with van der Waals surface area (Å²) in [6, 6.07) is 3.12. The van der Waals surface area contributed by atoms with Crippen molar-refractivity contribution < 1.29 is 19.4 Å². The molecule has 0 fully saturated rings. The number of methoxy groups -OCH3 is 2. The Hall–Kier alpha value is -1.95. The van der Waals surface area contributed by atoms with E-state index < -0.39 is 5.97 Å². The highest BCUT2D eigenvalue weighted by molar-refractivity contribution is 5.95. The number of carboxylic acid groups (broad SMARTS) is 1. The third kappa shape index (κ3) is 4.31.